The van der Waals surface area contributed by atoms with E-state index in [4.69, 9.17) is 21.9 Å². The van der Waals surface area contributed by atoms with E-state index < -0.39 is 11.6 Å². The Bertz CT molecular complexity index is 1640. The van der Waals surface area contributed by atoms with Crippen molar-refractivity contribution in [1.82, 2.24) is 4.90 Å². The molecule has 6 rings (SSSR count). The number of benzene rings is 3. The van der Waals surface area contributed by atoms with Gasteiger partial charge in [0.1, 0.15) is 22.0 Å². The third-order valence-electron chi connectivity index (χ3n) is 8.56. The number of nitrogens with one attached hydrogen (secondary N) is 1. The van der Waals surface area contributed by atoms with Gasteiger partial charge < -0.3 is 32.2 Å². The van der Waals surface area contributed by atoms with E-state index in [0.717, 1.165) is 48.1 Å². The molecule has 1 fully saturated rings. The molecular formula is C32H35N5O3S. The van der Waals surface area contributed by atoms with Crippen LogP contribution in [0.25, 0.3) is 10.1 Å². The maximum absolute atomic E-state index is 14.1. The van der Waals surface area contributed by atoms with Gasteiger partial charge in [0.2, 0.25) is 5.91 Å². The molecule has 1 aliphatic heterocycles. The summed E-state index contributed by atoms with van der Waals surface area (Å²) in [5, 5.41) is 4.45. The van der Waals surface area contributed by atoms with E-state index in [-0.39, 0.29) is 17.6 Å². The minimum atomic E-state index is -1.50. The molecule has 0 spiro atoms. The molecule has 9 heteroatoms. The van der Waals surface area contributed by atoms with Crippen LogP contribution in [0.5, 0.6) is 11.5 Å². The largest absolute Gasteiger partial charge is 0.457 e. The van der Waals surface area contributed by atoms with E-state index in [1.54, 1.807) is 6.07 Å². The molecule has 0 bridgehead atoms. The van der Waals surface area contributed by atoms with Crippen molar-refractivity contribution < 1.29 is 14.3 Å². The van der Waals surface area contributed by atoms with Crippen LogP contribution in [-0.2, 0) is 15.1 Å². The van der Waals surface area contributed by atoms with Gasteiger partial charge in [0.05, 0.1) is 10.7 Å². The minimum absolute atomic E-state index is 0.0437. The van der Waals surface area contributed by atoms with Crippen LogP contribution in [0, 0.1) is 12.8 Å². The molecule has 41 heavy (non-hydrogen) atoms. The second kappa shape index (κ2) is 10.6. The average Bonchev–Trinajstić information content (AvgIpc) is 3.36. The SMILES string of the molecule is CCN1CCC(C(=O)Nc2sc3c(N)ccc4c3c2C(N)C(=O)C4(N)c2ccc(Oc3ccccc3)cc2C)CC1. The Morgan fingerprint density at radius 2 is 1.78 bits per heavy atom. The lowest BCUT2D eigenvalue weighted by atomic mass is 9.70. The number of piperidine rings is 1. The van der Waals surface area contributed by atoms with Gasteiger partial charge >= 0.3 is 0 Å². The fourth-order valence-electron chi connectivity index (χ4n) is 6.24. The minimum Gasteiger partial charge on any atom is -0.457 e. The number of amides is 1. The van der Waals surface area contributed by atoms with E-state index in [0.29, 0.717) is 38.9 Å². The summed E-state index contributed by atoms with van der Waals surface area (Å²) in [5.41, 5.74) is 21.9. The second-order valence-corrected chi connectivity index (χ2v) is 12.0. The summed E-state index contributed by atoms with van der Waals surface area (Å²) in [5.74, 6) is 0.891. The van der Waals surface area contributed by atoms with Gasteiger partial charge in [0.15, 0.2) is 5.78 Å². The summed E-state index contributed by atoms with van der Waals surface area (Å²) in [6.07, 6.45) is 1.60. The third kappa shape index (κ3) is 4.59. The number of nitrogens with zero attached hydrogens (tertiary/aromatic N) is 1. The van der Waals surface area contributed by atoms with Gasteiger partial charge in [-0.15, -0.1) is 11.3 Å². The topological polar surface area (TPSA) is 137 Å². The van der Waals surface area contributed by atoms with Crippen LogP contribution < -0.4 is 27.3 Å². The van der Waals surface area contributed by atoms with Crippen molar-refractivity contribution in [2.75, 3.05) is 30.7 Å². The van der Waals surface area contributed by atoms with Crippen LogP contribution >= 0.6 is 11.3 Å². The first kappa shape index (κ1) is 27.4. The molecule has 7 N–H and O–H groups in total. The van der Waals surface area contributed by atoms with Crippen LogP contribution in [0.2, 0.25) is 0 Å². The Labute approximate surface area is 243 Å². The van der Waals surface area contributed by atoms with E-state index >= 15 is 0 Å². The van der Waals surface area contributed by atoms with Crippen molar-refractivity contribution in [3.63, 3.8) is 0 Å². The van der Waals surface area contributed by atoms with Crippen molar-refractivity contribution in [2.24, 2.45) is 17.4 Å². The number of carbonyl (C=O) groups excluding carboxylic acids is 2. The number of hydrogen-bond acceptors (Lipinski definition) is 8. The lowest BCUT2D eigenvalue weighted by Gasteiger charge is -2.37. The quantitative estimate of drug-likeness (QED) is 0.239. The Kier molecular flexibility index (Phi) is 7.07. The number of aryl methyl sites for hydroxylation is 1. The molecule has 4 aromatic rings. The number of Topliss-reactive ketones (excluding diaryl/α,β-unsaturated/α-hetero) is 1. The van der Waals surface area contributed by atoms with E-state index in [9.17, 15) is 9.59 Å². The fraction of sp³-hybridized carbons (Fsp3) is 0.312. The van der Waals surface area contributed by atoms with Crippen LogP contribution in [0.15, 0.2) is 60.7 Å². The zero-order chi connectivity index (χ0) is 28.9. The second-order valence-electron chi connectivity index (χ2n) is 11.0. The number of ketones is 1. The van der Waals surface area contributed by atoms with E-state index in [1.807, 2.05) is 61.5 Å². The summed E-state index contributed by atoms with van der Waals surface area (Å²) >= 11 is 1.36. The highest BCUT2D eigenvalue weighted by atomic mass is 32.1. The maximum atomic E-state index is 14.1. The number of ether oxygens (including phenoxy) is 1. The summed E-state index contributed by atoms with van der Waals surface area (Å²) in [6.45, 7) is 6.82. The molecule has 2 unspecified atom stereocenters. The van der Waals surface area contributed by atoms with Gasteiger partial charge in [-0.05, 0) is 86.4 Å². The number of carbonyl (C=O) groups is 2. The number of anilines is 2. The van der Waals surface area contributed by atoms with Gasteiger partial charge in [-0.2, -0.15) is 0 Å². The number of rotatable bonds is 6. The van der Waals surface area contributed by atoms with Crippen LogP contribution in [0.3, 0.4) is 0 Å². The van der Waals surface area contributed by atoms with E-state index in [2.05, 4.69) is 17.1 Å². The summed E-state index contributed by atoms with van der Waals surface area (Å²) in [6, 6.07) is 17.6. The number of nitrogen functional groups attached to an aromatic ring is 1. The van der Waals surface area contributed by atoms with Gasteiger partial charge in [-0.1, -0.05) is 37.3 Å². The molecular weight excluding hydrogens is 534 g/mol. The van der Waals surface area contributed by atoms with Crippen molar-refractivity contribution in [3.8, 4) is 11.5 Å². The predicted octanol–water partition coefficient (Wildman–Crippen LogP) is 5.04. The molecule has 1 saturated heterocycles. The van der Waals surface area contributed by atoms with Gasteiger partial charge in [-0.3, -0.25) is 9.59 Å². The molecule has 1 aromatic heterocycles. The molecule has 212 valence electrons. The Balaban J connectivity index is 1.39. The molecule has 1 aliphatic carbocycles. The van der Waals surface area contributed by atoms with E-state index in [1.165, 1.54) is 11.3 Å². The zero-order valence-electron chi connectivity index (χ0n) is 23.3. The van der Waals surface area contributed by atoms with Crippen molar-refractivity contribution in [2.45, 2.75) is 38.3 Å². The molecule has 3 aromatic carbocycles. The average molecular weight is 570 g/mol. The predicted molar refractivity (Wildman–Crippen MR) is 164 cm³/mol. The van der Waals surface area contributed by atoms with Gasteiger partial charge in [0.25, 0.3) is 0 Å². The Morgan fingerprint density at radius 1 is 1.07 bits per heavy atom. The first-order valence-corrected chi connectivity index (χ1v) is 14.8. The molecule has 2 aliphatic rings. The lowest BCUT2D eigenvalue weighted by molar-refractivity contribution is -0.125. The normalized spacial score (nSPS) is 21.3. The first-order valence-electron chi connectivity index (χ1n) is 14.0. The highest BCUT2D eigenvalue weighted by molar-refractivity contribution is 7.24. The molecule has 8 nitrogen and oxygen atoms in total. The number of nitrogens with two attached hydrogens (primary N) is 3. The molecule has 1 amide bonds. The van der Waals surface area contributed by atoms with Gasteiger partial charge in [-0.25, -0.2) is 0 Å². The first-order chi connectivity index (χ1) is 19.7. The Hall–Kier alpha value is -3.76. The maximum Gasteiger partial charge on any atom is 0.228 e. The fourth-order valence-corrected chi connectivity index (χ4v) is 7.45. The lowest BCUT2D eigenvalue weighted by Crippen LogP contribution is -2.52. The Morgan fingerprint density at radius 3 is 2.46 bits per heavy atom. The molecule has 0 radical (unpaired) electrons. The van der Waals surface area contributed by atoms with Crippen molar-refractivity contribution in [3.05, 3.63) is 82.9 Å². The highest BCUT2D eigenvalue weighted by Crippen LogP contribution is 2.52. The van der Waals surface area contributed by atoms with Gasteiger partial charge in [0, 0.05) is 22.6 Å². The molecule has 0 saturated carbocycles. The third-order valence-corrected chi connectivity index (χ3v) is 9.73. The molecule has 2 atom stereocenters. The summed E-state index contributed by atoms with van der Waals surface area (Å²) < 4.78 is 6.78. The highest BCUT2D eigenvalue weighted by Gasteiger charge is 2.49. The van der Waals surface area contributed by atoms with Crippen LogP contribution in [0.4, 0.5) is 10.7 Å². The zero-order valence-corrected chi connectivity index (χ0v) is 24.1. The number of hydrogen-bond donors (Lipinski definition) is 4. The van der Waals surface area contributed by atoms with Crippen molar-refractivity contribution >= 4 is 43.8 Å². The smallest absolute Gasteiger partial charge is 0.228 e. The summed E-state index contributed by atoms with van der Waals surface area (Å²) in [7, 11) is 0. The van der Waals surface area contributed by atoms with Crippen LogP contribution in [0.1, 0.15) is 48.1 Å². The summed E-state index contributed by atoms with van der Waals surface area (Å²) in [4.78, 5) is 29.8. The monoisotopic (exact) mass is 569 g/mol. The van der Waals surface area contributed by atoms with Crippen LogP contribution in [-0.4, -0.2) is 36.2 Å². The number of thiophene rings is 1. The molecule has 2 heterocycles. The van der Waals surface area contributed by atoms with Crippen molar-refractivity contribution in [1.29, 1.82) is 0 Å². The number of para-hydroxylation sites is 1. The number of likely N-dealkylation sites (tertiary alicyclic amines) is 1. The standard InChI is InChI=1S/C32H35N5O3S/c1-3-37-15-13-19(14-16-37)30(39)36-31-26-25-23(11-12-24(33)28(25)41-31)32(35,29(38)27(26)34)22-10-9-21(17-18(22)2)40-20-7-5-4-6-8-20/h4-12,17,19,27H,3,13-16,33-35H2,1-2H3,(H,36,39).